The van der Waals surface area contributed by atoms with E-state index in [-0.39, 0.29) is 12.0 Å². The lowest BCUT2D eigenvalue weighted by atomic mass is 9.86. The van der Waals surface area contributed by atoms with Gasteiger partial charge in [-0.1, -0.05) is 194 Å². The SMILES string of the molecule is C1=CC2C(C=C1c1ccc3c(c1)c1ccccc1n3-c1ccc(-c3nc(-c4ccccc4)nc(-c4ccccc4)n3)cc1)c1ccccc1N2c1ccc(C[n+]2[n-]c(-c3ccccc3)nc2-c2ccccc2)cc1. The van der Waals surface area contributed by atoms with Crippen LogP contribution in [0.25, 0.3) is 90.0 Å². The number of fused-ring (bicyclic) bond motifs is 6. The van der Waals surface area contributed by atoms with Crippen LogP contribution in [0.1, 0.15) is 22.6 Å². The number of allylic oxidation sites excluding steroid dienone is 2. The largest absolute Gasteiger partial charge is 0.397 e. The van der Waals surface area contributed by atoms with Gasteiger partial charge >= 0.3 is 0 Å². The molecule has 0 radical (unpaired) electrons. The Bertz CT molecular complexity index is 4030. The molecule has 3 aromatic heterocycles. The Balaban J connectivity index is 0.759. The standard InChI is InChI=1S/C66H46N8/c1-5-17-45(18-6-1)62-67-63(46-19-7-2-8-20-46)69-64(68-62)48-31-37-53(38-32-48)74-59-28-16-14-26-55(59)57-42-51(34-40-61(57)74)50-33-39-60-56(41-50)54-25-13-15-27-58(54)73(60)52-35-29-44(30-36-52)43-72-66(49-23-11-4-12-24-49)70-65(71-72)47-21-9-3-10-22-47/h1-42,56,60H,43H2. The van der Waals surface area contributed by atoms with E-state index < -0.39 is 0 Å². The van der Waals surface area contributed by atoms with Crippen molar-refractivity contribution in [2.24, 2.45) is 0 Å². The van der Waals surface area contributed by atoms with E-state index in [1.807, 2.05) is 102 Å². The second-order valence-electron chi connectivity index (χ2n) is 18.9. The zero-order valence-corrected chi connectivity index (χ0v) is 40.2. The summed E-state index contributed by atoms with van der Waals surface area (Å²) in [5.41, 5.74) is 15.5. The first kappa shape index (κ1) is 43.0. The Kier molecular flexibility index (Phi) is 10.5. The average molecular weight is 951 g/mol. The van der Waals surface area contributed by atoms with Crippen LogP contribution in [0.3, 0.4) is 0 Å². The van der Waals surface area contributed by atoms with Gasteiger partial charge in [0.15, 0.2) is 17.5 Å². The monoisotopic (exact) mass is 950 g/mol. The Hall–Kier alpha value is -9.79. The second kappa shape index (κ2) is 18.1. The zero-order valence-electron chi connectivity index (χ0n) is 40.2. The van der Waals surface area contributed by atoms with Crippen LogP contribution in [0.2, 0.25) is 0 Å². The molecule has 1 aliphatic heterocycles. The Morgan fingerprint density at radius 2 is 0.986 bits per heavy atom. The highest BCUT2D eigenvalue weighted by Crippen LogP contribution is 2.49. The number of benzene rings is 9. The van der Waals surface area contributed by atoms with Gasteiger partial charge < -0.3 is 14.5 Å². The minimum absolute atomic E-state index is 0.136. The molecule has 0 saturated carbocycles. The molecule has 0 N–H and O–H groups in total. The van der Waals surface area contributed by atoms with E-state index in [1.165, 1.54) is 33.2 Å². The predicted molar refractivity (Wildman–Crippen MR) is 297 cm³/mol. The molecule has 14 rings (SSSR count). The zero-order chi connectivity index (χ0) is 49.0. The summed E-state index contributed by atoms with van der Waals surface area (Å²) >= 11 is 0. The van der Waals surface area contributed by atoms with Gasteiger partial charge in [-0.15, -0.1) is 0 Å². The molecule has 0 fully saturated rings. The fourth-order valence-electron chi connectivity index (χ4n) is 10.9. The van der Waals surface area contributed by atoms with Crippen LogP contribution in [-0.4, -0.2) is 30.5 Å². The van der Waals surface area contributed by atoms with Gasteiger partial charge in [-0.3, -0.25) is 9.78 Å². The van der Waals surface area contributed by atoms with Crippen molar-refractivity contribution >= 4 is 38.8 Å². The van der Waals surface area contributed by atoms with Crippen LogP contribution in [0.5, 0.6) is 0 Å². The van der Waals surface area contributed by atoms with E-state index in [9.17, 15) is 0 Å². The molecule has 0 spiro atoms. The summed E-state index contributed by atoms with van der Waals surface area (Å²) in [4.78, 5) is 22.4. The number of hydrogen-bond donors (Lipinski definition) is 0. The summed E-state index contributed by atoms with van der Waals surface area (Å²) in [6, 6.07) is 83.0. The molecule has 9 aromatic carbocycles. The molecular formula is C66H46N8. The molecule has 0 amide bonds. The van der Waals surface area contributed by atoms with Crippen LogP contribution in [-0.2, 0) is 6.54 Å². The van der Waals surface area contributed by atoms with Crippen molar-refractivity contribution in [2.75, 3.05) is 4.90 Å². The van der Waals surface area contributed by atoms with Crippen molar-refractivity contribution in [1.82, 2.24) is 29.6 Å². The molecule has 74 heavy (non-hydrogen) atoms. The maximum absolute atomic E-state index is 5.02. The van der Waals surface area contributed by atoms with Gasteiger partial charge in [0.05, 0.1) is 17.1 Å². The first-order chi connectivity index (χ1) is 36.7. The molecule has 0 bridgehead atoms. The van der Waals surface area contributed by atoms with Gasteiger partial charge in [0.25, 0.3) is 0 Å². The van der Waals surface area contributed by atoms with Crippen molar-refractivity contribution in [3.63, 3.8) is 0 Å². The van der Waals surface area contributed by atoms with Crippen molar-refractivity contribution in [2.45, 2.75) is 18.5 Å². The molecule has 12 aromatic rings. The van der Waals surface area contributed by atoms with Gasteiger partial charge in [-0.05, 0) is 94.3 Å². The van der Waals surface area contributed by atoms with Crippen molar-refractivity contribution in [3.05, 3.63) is 272 Å². The molecule has 2 atom stereocenters. The van der Waals surface area contributed by atoms with E-state index in [1.54, 1.807) is 0 Å². The van der Waals surface area contributed by atoms with Gasteiger partial charge in [0.1, 0.15) is 12.4 Å². The van der Waals surface area contributed by atoms with E-state index >= 15 is 0 Å². The third kappa shape index (κ3) is 7.68. The lowest BCUT2D eigenvalue weighted by Crippen LogP contribution is -2.40. The number of para-hydroxylation sites is 2. The highest BCUT2D eigenvalue weighted by atomic mass is 15.3. The molecule has 1 aliphatic carbocycles. The molecule has 8 nitrogen and oxygen atoms in total. The van der Waals surface area contributed by atoms with Crippen molar-refractivity contribution in [1.29, 1.82) is 0 Å². The highest BCUT2D eigenvalue weighted by Gasteiger charge is 2.38. The molecule has 0 saturated heterocycles. The Morgan fingerprint density at radius 3 is 1.66 bits per heavy atom. The lowest BCUT2D eigenvalue weighted by molar-refractivity contribution is -0.737. The normalized spacial score (nSPS) is 14.8. The number of hydrogen-bond acceptors (Lipinski definition) is 5. The quantitative estimate of drug-likeness (QED) is 0.127. The van der Waals surface area contributed by atoms with Gasteiger partial charge in [0, 0.05) is 56.0 Å². The summed E-state index contributed by atoms with van der Waals surface area (Å²) in [7, 11) is 0. The molecule has 4 heterocycles. The summed E-state index contributed by atoms with van der Waals surface area (Å²) in [5, 5.41) is 7.44. The van der Waals surface area contributed by atoms with Gasteiger partial charge in [-0.2, -0.15) is 0 Å². The fourth-order valence-corrected chi connectivity index (χ4v) is 10.9. The van der Waals surface area contributed by atoms with Crippen LogP contribution in [0.15, 0.2) is 255 Å². The maximum atomic E-state index is 5.02. The Morgan fingerprint density at radius 1 is 0.446 bits per heavy atom. The number of anilines is 2. The van der Waals surface area contributed by atoms with E-state index in [2.05, 4.69) is 167 Å². The molecular weight excluding hydrogens is 905 g/mol. The number of rotatable bonds is 10. The molecule has 350 valence electrons. The molecule has 8 heteroatoms. The smallest absolute Gasteiger partial charge is 0.164 e. The minimum Gasteiger partial charge on any atom is -0.397 e. The van der Waals surface area contributed by atoms with Gasteiger partial charge in [-0.25, -0.2) is 15.0 Å². The van der Waals surface area contributed by atoms with Gasteiger partial charge in [0.2, 0.25) is 0 Å². The summed E-state index contributed by atoms with van der Waals surface area (Å²) in [6.07, 6.45) is 7.19. The third-order valence-corrected chi connectivity index (χ3v) is 14.4. The van der Waals surface area contributed by atoms with E-state index in [4.69, 9.17) is 25.0 Å². The first-order valence-electron chi connectivity index (χ1n) is 25.1. The minimum atomic E-state index is 0.136. The second-order valence-corrected chi connectivity index (χ2v) is 18.9. The number of nitrogens with zero attached hydrogens (tertiary/aromatic N) is 8. The van der Waals surface area contributed by atoms with Crippen LogP contribution >= 0.6 is 0 Å². The summed E-state index contributed by atoms with van der Waals surface area (Å²) < 4.78 is 4.39. The summed E-state index contributed by atoms with van der Waals surface area (Å²) in [6.45, 7) is 0.600. The van der Waals surface area contributed by atoms with E-state index in [0.717, 1.165) is 67.4 Å². The Labute approximate surface area is 428 Å². The maximum Gasteiger partial charge on any atom is 0.164 e. The highest BCUT2D eigenvalue weighted by molar-refractivity contribution is 6.10. The lowest BCUT2D eigenvalue weighted by Gasteiger charge is -2.30. The third-order valence-electron chi connectivity index (χ3n) is 14.4. The molecule has 2 aliphatic rings. The average Bonchev–Trinajstić information content (AvgIpc) is 4.17. The predicted octanol–water partition coefficient (Wildman–Crippen LogP) is 14.2. The molecule has 2 unspecified atom stereocenters. The van der Waals surface area contributed by atoms with Crippen LogP contribution in [0, 0.1) is 0 Å². The fraction of sp³-hybridized carbons (Fsp3) is 0.0455. The van der Waals surface area contributed by atoms with Crippen molar-refractivity contribution < 1.29 is 4.68 Å². The van der Waals surface area contributed by atoms with Crippen LogP contribution < -0.4 is 14.7 Å². The van der Waals surface area contributed by atoms with Crippen molar-refractivity contribution in [3.8, 4) is 62.6 Å². The van der Waals surface area contributed by atoms with Crippen LogP contribution in [0.4, 0.5) is 11.4 Å². The number of aromatic nitrogens is 7. The summed E-state index contributed by atoms with van der Waals surface area (Å²) in [5.74, 6) is 3.67. The topological polar surface area (TPSA) is 77.7 Å². The van der Waals surface area contributed by atoms with E-state index in [0.29, 0.717) is 24.0 Å². The first-order valence-corrected chi connectivity index (χ1v) is 25.1.